The van der Waals surface area contributed by atoms with Crippen molar-refractivity contribution in [3.63, 3.8) is 0 Å². The molecule has 1 aliphatic rings. The minimum atomic E-state index is -3.62. The van der Waals surface area contributed by atoms with Crippen LogP contribution in [0.3, 0.4) is 0 Å². The molecule has 1 aliphatic heterocycles. The standard InChI is InChI=1S/C19H16ClFN2O2S/c20-14-1-6-17-18(12-22-19(17)11-14)13-7-9-23(10-8-13)26(24,25)16-4-2-15(21)3-5-16/h1-7,11-12,22H,8-10H2. The van der Waals surface area contributed by atoms with Crippen molar-refractivity contribution in [3.05, 3.63) is 71.1 Å². The Hall–Kier alpha value is -2.15. The highest BCUT2D eigenvalue weighted by atomic mass is 35.5. The van der Waals surface area contributed by atoms with Gasteiger partial charge in [-0.1, -0.05) is 23.7 Å². The van der Waals surface area contributed by atoms with Crippen molar-refractivity contribution < 1.29 is 12.8 Å². The van der Waals surface area contributed by atoms with Gasteiger partial charge in [-0.3, -0.25) is 0 Å². The molecule has 0 fully saturated rings. The molecule has 0 saturated heterocycles. The number of rotatable bonds is 3. The van der Waals surface area contributed by atoms with E-state index in [4.69, 9.17) is 11.6 Å². The lowest BCUT2D eigenvalue weighted by Crippen LogP contribution is -2.34. The van der Waals surface area contributed by atoms with Crippen LogP contribution in [0.5, 0.6) is 0 Å². The summed E-state index contributed by atoms with van der Waals surface area (Å²) in [4.78, 5) is 3.32. The molecular weight excluding hydrogens is 375 g/mol. The Morgan fingerprint density at radius 1 is 1.12 bits per heavy atom. The summed E-state index contributed by atoms with van der Waals surface area (Å²) >= 11 is 6.02. The van der Waals surface area contributed by atoms with Crippen LogP contribution >= 0.6 is 11.6 Å². The van der Waals surface area contributed by atoms with Crippen molar-refractivity contribution in [3.8, 4) is 0 Å². The molecule has 0 unspecified atom stereocenters. The summed E-state index contributed by atoms with van der Waals surface area (Å²) in [7, 11) is -3.62. The van der Waals surface area contributed by atoms with Gasteiger partial charge in [0.05, 0.1) is 4.90 Å². The molecule has 7 heteroatoms. The van der Waals surface area contributed by atoms with Crippen LogP contribution in [-0.4, -0.2) is 30.8 Å². The summed E-state index contributed by atoms with van der Waals surface area (Å²) in [5, 5.41) is 1.73. The number of sulfonamides is 1. The third-order valence-electron chi connectivity index (χ3n) is 4.61. The third kappa shape index (κ3) is 3.05. The van der Waals surface area contributed by atoms with Gasteiger partial charge in [-0.25, -0.2) is 12.8 Å². The predicted octanol–water partition coefficient (Wildman–Crippen LogP) is 4.44. The second-order valence-corrected chi connectivity index (χ2v) is 8.56. The SMILES string of the molecule is O=S(=O)(c1ccc(F)cc1)N1CC=C(c2c[nH]c3cc(Cl)ccc23)CC1. The summed E-state index contributed by atoms with van der Waals surface area (Å²) in [5.74, 6) is -0.454. The molecule has 4 rings (SSSR count). The van der Waals surface area contributed by atoms with Crippen molar-refractivity contribution in [1.29, 1.82) is 0 Å². The summed E-state index contributed by atoms with van der Waals surface area (Å²) < 4.78 is 39.9. The average molecular weight is 391 g/mol. The lowest BCUT2D eigenvalue weighted by Gasteiger charge is -2.25. The number of hydrogen-bond acceptors (Lipinski definition) is 2. The van der Waals surface area contributed by atoms with E-state index in [0.717, 1.165) is 34.2 Å². The zero-order chi connectivity index (χ0) is 18.3. The maximum atomic E-state index is 13.0. The van der Waals surface area contributed by atoms with Gasteiger partial charge in [0, 0.05) is 40.8 Å². The van der Waals surface area contributed by atoms with Gasteiger partial charge < -0.3 is 4.98 Å². The molecule has 0 bridgehead atoms. The normalized spacial score (nSPS) is 16.0. The monoisotopic (exact) mass is 390 g/mol. The Morgan fingerprint density at radius 2 is 1.88 bits per heavy atom. The highest BCUT2D eigenvalue weighted by molar-refractivity contribution is 7.89. The molecule has 0 aliphatic carbocycles. The van der Waals surface area contributed by atoms with E-state index in [1.54, 1.807) is 0 Å². The molecule has 0 amide bonds. The highest BCUT2D eigenvalue weighted by Crippen LogP contribution is 2.31. The molecular formula is C19H16ClFN2O2S. The highest BCUT2D eigenvalue weighted by Gasteiger charge is 2.26. The summed E-state index contributed by atoms with van der Waals surface area (Å²) in [6.07, 6.45) is 4.47. The quantitative estimate of drug-likeness (QED) is 0.718. The van der Waals surface area contributed by atoms with E-state index >= 15 is 0 Å². The van der Waals surface area contributed by atoms with Crippen molar-refractivity contribution in [2.24, 2.45) is 0 Å². The largest absolute Gasteiger partial charge is 0.361 e. The first kappa shape index (κ1) is 17.3. The maximum absolute atomic E-state index is 13.0. The molecule has 0 atom stereocenters. The van der Waals surface area contributed by atoms with Crippen molar-refractivity contribution in [2.45, 2.75) is 11.3 Å². The third-order valence-corrected chi connectivity index (χ3v) is 6.73. The van der Waals surface area contributed by atoms with Crippen LogP contribution in [0, 0.1) is 5.82 Å². The number of aromatic amines is 1. The van der Waals surface area contributed by atoms with Crippen molar-refractivity contribution in [2.75, 3.05) is 13.1 Å². The van der Waals surface area contributed by atoms with Crippen molar-refractivity contribution >= 4 is 38.1 Å². The van der Waals surface area contributed by atoms with Crippen LogP contribution in [0.1, 0.15) is 12.0 Å². The molecule has 1 N–H and O–H groups in total. The van der Waals surface area contributed by atoms with Gasteiger partial charge in [-0.15, -0.1) is 0 Å². The Morgan fingerprint density at radius 3 is 2.58 bits per heavy atom. The number of H-pyrrole nitrogens is 1. The second kappa shape index (κ2) is 6.54. The summed E-state index contributed by atoms with van der Waals surface area (Å²) in [6.45, 7) is 0.668. The zero-order valence-electron chi connectivity index (χ0n) is 13.7. The Balaban J connectivity index is 1.60. The second-order valence-electron chi connectivity index (χ2n) is 6.19. The number of aromatic nitrogens is 1. The van der Waals surface area contributed by atoms with E-state index in [0.29, 0.717) is 18.0 Å². The molecule has 4 nitrogen and oxygen atoms in total. The zero-order valence-corrected chi connectivity index (χ0v) is 15.3. The molecule has 2 aromatic carbocycles. The first-order chi connectivity index (χ1) is 12.4. The molecule has 3 aromatic rings. The lowest BCUT2D eigenvalue weighted by atomic mass is 10.00. The van der Waals surface area contributed by atoms with Crippen LogP contribution in [-0.2, 0) is 10.0 Å². The van der Waals surface area contributed by atoms with E-state index in [1.807, 2.05) is 30.5 Å². The van der Waals surface area contributed by atoms with E-state index in [9.17, 15) is 12.8 Å². The Bertz CT molecular complexity index is 1100. The summed E-state index contributed by atoms with van der Waals surface area (Å²) in [5.41, 5.74) is 3.12. The van der Waals surface area contributed by atoms with Crippen LogP contribution in [0.25, 0.3) is 16.5 Å². The number of hydrogen-bond donors (Lipinski definition) is 1. The first-order valence-electron chi connectivity index (χ1n) is 8.17. The van der Waals surface area contributed by atoms with Crippen LogP contribution in [0.15, 0.2) is 59.6 Å². The minimum Gasteiger partial charge on any atom is -0.361 e. The molecule has 134 valence electrons. The van der Waals surface area contributed by atoms with E-state index in [2.05, 4.69) is 4.98 Å². The number of nitrogens with one attached hydrogen (secondary N) is 1. The Kier molecular flexibility index (Phi) is 4.34. The fourth-order valence-corrected chi connectivity index (χ4v) is 4.79. The van der Waals surface area contributed by atoms with Gasteiger partial charge in [0.25, 0.3) is 0 Å². The van der Waals surface area contributed by atoms with Crippen molar-refractivity contribution in [1.82, 2.24) is 9.29 Å². The molecule has 0 radical (unpaired) electrons. The van der Waals surface area contributed by atoms with Gasteiger partial charge in [0.15, 0.2) is 0 Å². The van der Waals surface area contributed by atoms with Crippen LogP contribution in [0.4, 0.5) is 4.39 Å². The minimum absolute atomic E-state index is 0.109. The molecule has 0 spiro atoms. The number of nitrogens with zero attached hydrogens (tertiary/aromatic N) is 1. The van der Waals surface area contributed by atoms with E-state index in [-0.39, 0.29) is 11.4 Å². The van der Waals surface area contributed by atoms with Gasteiger partial charge in [-0.2, -0.15) is 4.31 Å². The number of benzene rings is 2. The van der Waals surface area contributed by atoms with E-state index < -0.39 is 15.8 Å². The first-order valence-corrected chi connectivity index (χ1v) is 9.99. The van der Waals surface area contributed by atoms with Gasteiger partial charge in [0.2, 0.25) is 10.0 Å². The number of halogens is 2. The molecule has 2 heterocycles. The predicted molar refractivity (Wildman–Crippen MR) is 101 cm³/mol. The lowest BCUT2D eigenvalue weighted by molar-refractivity contribution is 0.441. The molecule has 0 saturated carbocycles. The molecule has 26 heavy (non-hydrogen) atoms. The topological polar surface area (TPSA) is 53.2 Å². The van der Waals surface area contributed by atoms with Crippen LogP contribution < -0.4 is 0 Å². The van der Waals surface area contributed by atoms with E-state index in [1.165, 1.54) is 16.4 Å². The summed E-state index contributed by atoms with van der Waals surface area (Å²) in [6, 6.07) is 10.6. The van der Waals surface area contributed by atoms with Gasteiger partial charge >= 0.3 is 0 Å². The maximum Gasteiger partial charge on any atom is 0.243 e. The fraction of sp³-hybridized carbons (Fsp3) is 0.158. The number of fused-ring (bicyclic) bond motifs is 1. The average Bonchev–Trinajstić information content (AvgIpc) is 3.05. The Labute approximate surface area is 155 Å². The van der Waals surface area contributed by atoms with Gasteiger partial charge in [-0.05, 0) is 48.4 Å². The smallest absolute Gasteiger partial charge is 0.243 e. The van der Waals surface area contributed by atoms with Crippen LogP contribution in [0.2, 0.25) is 5.02 Å². The van der Waals surface area contributed by atoms with Gasteiger partial charge in [0.1, 0.15) is 5.82 Å². The molecule has 1 aromatic heterocycles. The fourth-order valence-electron chi connectivity index (χ4n) is 3.23.